The molecule has 2 aromatic rings. The van der Waals surface area contributed by atoms with Crippen molar-refractivity contribution in [2.24, 2.45) is 0 Å². The fourth-order valence-electron chi connectivity index (χ4n) is 1.92. The highest BCUT2D eigenvalue weighted by Crippen LogP contribution is 2.21. The summed E-state index contributed by atoms with van der Waals surface area (Å²) < 4.78 is 6.59. The largest absolute Gasteiger partial charge is 0.380 e. The van der Waals surface area contributed by atoms with Crippen LogP contribution >= 0.6 is 11.3 Å². The van der Waals surface area contributed by atoms with Gasteiger partial charge in [-0.05, 0) is 18.6 Å². The van der Waals surface area contributed by atoms with Crippen LogP contribution in [0.3, 0.4) is 0 Å². The summed E-state index contributed by atoms with van der Waals surface area (Å²) in [5.41, 5.74) is 1.10. The average molecular weight is 234 g/mol. The zero-order valence-electron chi connectivity index (χ0n) is 8.98. The van der Waals surface area contributed by atoms with Gasteiger partial charge in [-0.25, -0.2) is 4.98 Å². The molecule has 1 fully saturated rings. The Kier molecular flexibility index (Phi) is 2.86. The van der Waals surface area contributed by atoms with E-state index in [0.29, 0.717) is 6.04 Å². The van der Waals surface area contributed by atoms with E-state index in [1.807, 2.05) is 6.07 Å². The highest BCUT2D eigenvalue weighted by atomic mass is 32.1. The van der Waals surface area contributed by atoms with Gasteiger partial charge in [-0.15, -0.1) is 11.3 Å². The fraction of sp³-hybridized carbons (Fsp3) is 0.417. The molecule has 16 heavy (non-hydrogen) atoms. The minimum absolute atomic E-state index is 0.506. The third kappa shape index (κ3) is 2.09. The summed E-state index contributed by atoms with van der Waals surface area (Å²) in [5, 5.41) is 4.64. The fourth-order valence-corrected chi connectivity index (χ4v) is 2.84. The van der Waals surface area contributed by atoms with E-state index >= 15 is 0 Å². The van der Waals surface area contributed by atoms with Gasteiger partial charge in [0.2, 0.25) is 0 Å². The Hall–Kier alpha value is -0.970. The average Bonchev–Trinajstić information content (AvgIpc) is 2.95. The standard InChI is InChI=1S/C12H14N2OS/c1-2-4-11-10(3-1)14-12(16-11)7-13-9-5-6-15-8-9/h1-4,9,13H,5-8H2. The third-order valence-electron chi connectivity index (χ3n) is 2.81. The summed E-state index contributed by atoms with van der Waals surface area (Å²) >= 11 is 1.77. The van der Waals surface area contributed by atoms with Crippen molar-refractivity contribution in [1.29, 1.82) is 0 Å². The second-order valence-electron chi connectivity index (χ2n) is 4.02. The Morgan fingerprint density at radius 2 is 2.38 bits per heavy atom. The van der Waals surface area contributed by atoms with Crippen molar-refractivity contribution < 1.29 is 4.74 Å². The molecule has 0 saturated carbocycles. The van der Waals surface area contributed by atoms with Crippen LogP contribution in [0.25, 0.3) is 10.2 Å². The first-order valence-electron chi connectivity index (χ1n) is 5.57. The first kappa shape index (κ1) is 10.2. The van der Waals surface area contributed by atoms with Crippen molar-refractivity contribution in [1.82, 2.24) is 10.3 Å². The van der Waals surface area contributed by atoms with Crippen LogP contribution in [0.1, 0.15) is 11.4 Å². The Balaban J connectivity index is 1.69. The predicted octanol–water partition coefficient (Wildman–Crippen LogP) is 2.17. The molecule has 3 nitrogen and oxygen atoms in total. The highest BCUT2D eigenvalue weighted by molar-refractivity contribution is 7.18. The van der Waals surface area contributed by atoms with Crippen LogP contribution in [0, 0.1) is 0 Å². The SMILES string of the molecule is c1ccc2sc(CNC3CCOC3)nc2c1. The maximum atomic E-state index is 5.32. The van der Waals surface area contributed by atoms with E-state index < -0.39 is 0 Å². The van der Waals surface area contributed by atoms with E-state index in [4.69, 9.17) is 4.74 Å². The van der Waals surface area contributed by atoms with Crippen molar-refractivity contribution >= 4 is 21.6 Å². The number of hydrogen-bond donors (Lipinski definition) is 1. The smallest absolute Gasteiger partial charge is 0.108 e. The van der Waals surface area contributed by atoms with Crippen LogP contribution < -0.4 is 5.32 Å². The minimum atomic E-state index is 0.506. The number of hydrogen-bond acceptors (Lipinski definition) is 4. The molecule has 1 aromatic heterocycles. The molecule has 1 aliphatic heterocycles. The molecule has 4 heteroatoms. The van der Waals surface area contributed by atoms with Crippen molar-refractivity contribution in [3.8, 4) is 0 Å². The first-order valence-corrected chi connectivity index (χ1v) is 6.39. The van der Waals surface area contributed by atoms with Crippen LogP contribution in [-0.2, 0) is 11.3 Å². The first-order chi connectivity index (χ1) is 7.92. The molecule has 1 aromatic carbocycles. The zero-order chi connectivity index (χ0) is 10.8. The van der Waals surface area contributed by atoms with E-state index in [-0.39, 0.29) is 0 Å². The number of fused-ring (bicyclic) bond motifs is 1. The maximum absolute atomic E-state index is 5.32. The Bertz CT molecular complexity index is 444. The molecular formula is C12H14N2OS. The van der Waals surface area contributed by atoms with Gasteiger partial charge in [0.05, 0.1) is 16.8 Å². The molecular weight excluding hydrogens is 220 g/mol. The number of ether oxygens (including phenoxy) is 1. The number of rotatable bonds is 3. The molecule has 1 aliphatic rings. The number of nitrogens with zero attached hydrogens (tertiary/aromatic N) is 1. The van der Waals surface area contributed by atoms with Crippen molar-refractivity contribution in [3.05, 3.63) is 29.3 Å². The van der Waals surface area contributed by atoms with Gasteiger partial charge in [0.15, 0.2) is 0 Å². The predicted molar refractivity (Wildman–Crippen MR) is 65.7 cm³/mol. The van der Waals surface area contributed by atoms with Gasteiger partial charge in [0.1, 0.15) is 5.01 Å². The van der Waals surface area contributed by atoms with Crippen LogP contribution in [0.2, 0.25) is 0 Å². The van der Waals surface area contributed by atoms with Crippen LogP contribution in [-0.4, -0.2) is 24.2 Å². The molecule has 1 unspecified atom stereocenters. The lowest BCUT2D eigenvalue weighted by Gasteiger charge is -2.07. The van der Waals surface area contributed by atoms with Gasteiger partial charge in [-0.2, -0.15) is 0 Å². The van der Waals surface area contributed by atoms with Crippen LogP contribution in [0.15, 0.2) is 24.3 Å². The van der Waals surface area contributed by atoms with Crippen molar-refractivity contribution in [2.45, 2.75) is 19.0 Å². The lowest BCUT2D eigenvalue weighted by atomic mass is 10.3. The summed E-state index contributed by atoms with van der Waals surface area (Å²) in [6, 6.07) is 8.78. The lowest BCUT2D eigenvalue weighted by molar-refractivity contribution is 0.190. The summed E-state index contributed by atoms with van der Waals surface area (Å²) in [6.45, 7) is 2.58. The molecule has 0 aliphatic carbocycles. The normalized spacial score (nSPS) is 20.6. The topological polar surface area (TPSA) is 34.1 Å². The summed E-state index contributed by atoms with van der Waals surface area (Å²) in [4.78, 5) is 4.59. The van der Waals surface area contributed by atoms with Gasteiger partial charge in [-0.3, -0.25) is 0 Å². The monoisotopic (exact) mass is 234 g/mol. The summed E-state index contributed by atoms with van der Waals surface area (Å²) in [6.07, 6.45) is 1.12. The molecule has 84 valence electrons. The van der Waals surface area contributed by atoms with E-state index in [9.17, 15) is 0 Å². The lowest BCUT2D eigenvalue weighted by Crippen LogP contribution is -2.28. The van der Waals surface area contributed by atoms with Crippen LogP contribution in [0.5, 0.6) is 0 Å². The van der Waals surface area contributed by atoms with Crippen LogP contribution in [0.4, 0.5) is 0 Å². The molecule has 1 atom stereocenters. The molecule has 0 bridgehead atoms. The van der Waals surface area contributed by atoms with Gasteiger partial charge >= 0.3 is 0 Å². The molecule has 0 spiro atoms. The molecule has 3 rings (SSSR count). The minimum Gasteiger partial charge on any atom is -0.380 e. The molecule has 0 amide bonds. The van der Waals surface area contributed by atoms with Gasteiger partial charge in [0, 0.05) is 19.2 Å². The maximum Gasteiger partial charge on any atom is 0.108 e. The van der Waals surface area contributed by atoms with Gasteiger partial charge < -0.3 is 10.1 Å². The molecule has 2 heterocycles. The Morgan fingerprint density at radius 1 is 1.44 bits per heavy atom. The number of thiazole rings is 1. The quantitative estimate of drug-likeness (QED) is 0.884. The Labute approximate surface area is 98.5 Å². The number of aromatic nitrogens is 1. The molecule has 1 saturated heterocycles. The van der Waals surface area contributed by atoms with E-state index in [1.54, 1.807) is 11.3 Å². The number of para-hydroxylation sites is 1. The highest BCUT2D eigenvalue weighted by Gasteiger charge is 2.15. The Morgan fingerprint density at radius 3 is 3.19 bits per heavy atom. The summed E-state index contributed by atoms with van der Waals surface area (Å²) in [5.74, 6) is 0. The summed E-state index contributed by atoms with van der Waals surface area (Å²) in [7, 11) is 0. The van der Waals surface area contributed by atoms with Crippen molar-refractivity contribution in [3.63, 3.8) is 0 Å². The number of nitrogens with one attached hydrogen (secondary N) is 1. The second-order valence-corrected chi connectivity index (χ2v) is 5.13. The second kappa shape index (κ2) is 4.49. The number of benzene rings is 1. The van der Waals surface area contributed by atoms with E-state index in [2.05, 4.69) is 28.5 Å². The van der Waals surface area contributed by atoms with E-state index in [0.717, 1.165) is 36.7 Å². The third-order valence-corrected chi connectivity index (χ3v) is 3.85. The van der Waals surface area contributed by atoms with Gasteiger partial charge in [-0.1, -0.05) is 12.1 Å². The van der Waals surface area contributed by atoms with E-state index in [1.165, 1.54) is 4.70 Å². The molecule has 0 radical (unpaired) electrons. The molecule has 1 N–H and O–H groups in total. The zero-order valence-corrected chi connectivity index (χ0v) is 9.80. The van der Waals surface area contributed by atoms with Crippen molar-refractivity contribution in [2.75, 3.05) is 13.2 Å². The van der Waals surface area contributed by atoms with Gasteiger partial charge in [0.25, 0.3) is 0 Å².